The van der Waals surface area contributed by atoms with Crippen molar-refractivity contribution >= 4 is 11.6 Å². The van der Waals surface area contributed by atoms with Gasteiger partial charge in [-0.3, -0.25) is 9.69 Å². The molecule has 0 aromatic heterocycles. The van der Waals surface area contributed by atoms with Crippen molar-refractivity contribution in [1.82, 2.24) is 4.90 Å². The van der Waals surface area contributed by atoms with Crippen LogP contribution in [0.4, 0.5) is 5.69 Å². The Kier molecular flexibility index (Phi) is 6.68. The number of morpholine rings is 1. The first kappa shape index (κ1) is 16.8. The molecule has 1 heterocycles. The molecule has 0 saturated carbocycles. The maximum absolute atomic E-state index is 12.1. The van der Waals surface area contributed by atoms with Crippen LogP contribution >= 0.6 is 0 Å². The standard InChI is InChI=1S/C17H26N2O3/c1-14(2)6-9-22-16-5-3-4-15(12-16)18-17(20)13-19-7-10-21-11-8-19/h3-5,12,14H,6-11,13H2,1-2H3,(H,18,20). The lowest BCUT2D eigenvalue weighted by Crippen LogP contribution is -2.41. The predicted molar refractivity (Wildman–Crippen MR) is 87.3 cm³/mol. The van der Waals surface area contributed by atoms with Gasteiger partial charge in [-0.15, -0.1) is 0 Å². The maximum atomic E-state index is 12.1. The lowest BCUT2D eigenvalue weighted by Gasteiger charge is -2.25. The van der Waals surface area contributed by atoms with Crippen LogP contribution in [0.2, 0.25) is 0 Å². The fourth-order valence-electron chi connectivity index (χ4n) is 2.24. The molecule has 122 valence electrons. The molecule has 0 radical (unpaired) electrons. The van der Waals surface area contributed by atoms with E-state index < -0.39 is 0 Å². The second kappa shape index (κ2) is 8.76. The Bertz CT molecular complexity index is 471. The van der Waals surface area contributed by atoms with Crippen molar-refractivity contribution in [3.63, 3.8) is 0 Å². The summed E-state index contributed by atoms with van der Waals surface area (Å²) in [6, 6.07) is 7.57. The molecule has 0 atom stereocenters. The maximum Gasteiger partial charge on any atom is 0.238 e. The van der Waals surface area contributed by atoms with Crippen LogP contribution in [0.5, 0.6) is 5.75 Å². The number of amides is 1. The number of anilines is 1. The predicted octanol–water partition coefficient (Wildman–Crippen LogP) is 2.38. The molecule has 0 unspecified atom stereocenters. The highest BCUT2D eigenvalue weighted by atomic mass is 16.5. The van der Waals surface area contributed by atoms with E-state index in [-0.39, 0.29) is 5.91 Å². The van der Waals surface area contributed by atoms with Gasteiger partial charge >= 0.3 is 0 Å². The third-order valence-electron chi connectivity index (χ3n) is 3.55. The van der Waals surface area contributed by atoms with Gasteiger partial charge < -0.3 is 14.8 Å². The Morgan fingerprint density at radius 2 is 2.14 bits per heavy atom. The van der Waals surface area contributed by atoms with Crippen molar-refractivity contribution in [3.05, 3.63) is 24.3 Å². The zero-order chi connectivity index (χ0) is 15.8. The summed E-state index contributed by atoms with van der Waals surface area (Å²) >= 11 is 0. The first-order chi connectivity index (χ1) is 10.6. The van der Waals surface area contributed by atoms with Crippen molar-refractivity contribution in [1.29, 1.82) is 0 Å². The van der Waals surface area contributed by atoms with Crippen molar-refractivity contribution in [2.75, 3.05) is 44.8 Å². The number of carbonyl (C=O) groups is 1. The average Bonchev–Trinajstić information content (AvgIpc) is 2.48. The Balaban J connectivity index is 1.80. The van der Waals surface area contributed by atoms with Crippen LogP contribution in [0.15, 0.2) is 24.3 Å². The first-order valence-corrected chi connectivity index (χ1v) is 7.96. The summed E-state index contributed by atoms with van der Waals surface area (Å²) < 4.78 is 11.0. The number of rotatable bonds is 7. The van der Waals surface area contributed by atoms with Crippen molar-refractivity contribution < 1.29 is 14.3 Å². The largest absolute Gasteiger partial charge is 0.494 e. The summed E-state index contributed by atoms with van der Waals surface area (Å²) in [5.41, 5.74) is 0.778. The van der Waals surface area contributed by atoms with Crippen LogP contribution in [0.25, 0.3) is 0 Å². The van der Waals surface area contributed by atoms with Gasteiger partial charge in [0.1, 0.15) is 5.75 Å². The third-order valence-corrected chi connectivity index (χ3v) is 3.55. The van der Waals surface area contributed by atoms with Gasteiger partial charge in [0.05, 0.1) is 26.4 Å². The minimum atomic E-state index is 0.00114. The van der Waals surface area contributed by atoms with Crippen LogP contribution in [-0.2, 0) is 9.53 Å². The van der Waals surface area contributed by atoms with Crippen molar-refractivity contribution in [3.8, 4) is 5.75 Å². The minimum Gasteiger partial charge on any atom is -0.494 e. The highest BCUT2D eigenvalue weighted by Crippen LogP contribution is 2.18. The van der Waals surface area contributed by atoms with E-state index in [1.54, 1.807) is 0 Å². The normalized spacial score (nSPS) is 15.8. The molecule has 0 bridgehead atoms. The van der Waals surface area contributed by atoms with Gasteiger partial charge in [-0.1, -0.05) is 19.9 Å². The highest BCUT2D eigenvalue weighted by Gasteiger charge is 2.14. The van der Waals surface area contributed by atoms with E-state index in [4.69, 9.17) is 9.47 Å². The van der Waals surface area contributed by atoms with Crippen LogP contribution in [0, 0.1) is 5.92 Å². The molecule has 1 saturated heterocycles. The quantitative estimate of drug-likeness (QED) is 0.840. The summed E-state index contributed by atoms with van der Waals surface area (Å²) in [6.07, 6.45) is 1.02. The van der Waals surface area contributed by atoms with Gasteiger partial charge in [0.2, 0.25) is 5.91 Å². The SMILES string of the molecule is CC(C)CCOc1cccc(NC(=O)CN2CCOCC2)c1. The first-order valence-electron chi connectivity index (χ1n) is 7.96. The van der Waals surface area contributed by atoms with Crippen LogP contribution in [-0.4, -0.2) is 50.3 Å². The highest BCUT2D eigenvalue weighted by molar-refractivity contribution is 5.92. The molecule has 1 aromatic carbocycles. The van der Waals surface area contributed by atoms with Crippen molar-refractivity contribution in [2.45, 2.75) is 20.3 Å². The summed E-state index contributed by atoms with van der Waals surface area (Å²) in [7, 11) is 0. The zero-order valence-electron chi connectivity index (χ0n) is 13.5. The fourth-order valence-corrected chi connectivity index (χ4v) is 2.24. The van der Waals surface area contributed by atoms with E-state index in [1.165, 1.54) is 0 Å². The number of nitrogens with zero attached hydrogens (tertiary/aromatic N) is 1. The molecule has 1 amide bonds. The van der Waals surface area contributed by atoms with Gasteiger partial charge in [0, 0.05) is 24.8 Å². The van der Waals surface area contributed by atoms with Gasteiger partial charge in [-0.05, 0) is 24.5 Å². The number of ether oxygens (including phenoxy) is 2. The summed E-state index contributed by atoms with van der Waals surface area (Å²) in [5.74, 6) is 1.42. The zero-order valence-corrected chi connectivity index (χ0v) is 13.5. The van der Waals surface area contributed by atoms with Gasteiger partial charge in [-0.25, -0.2) is 0 Å². The number of benzene rings is 1. The van der Waals surface area contributed by atoms with Gasteiger partial charge in [-0.2, -0.15) is 0 Å². The summed E-state index contributed by atoms with van der Waals surface area (Å²) in [4.78, 5) is 14.2. The second-order valence-corrected chi connectivity index (χ2v) is 6.00. The van der Waals surface area contributed by atoms with E-state index in [1.807, 2.05) is 24.3 Å². The summed E-state index contributed by atoms with van der Waals surface area (Å²) in [5, 5.41) is 2.93. The molecule has 1 aliphatic rings. The van der Waals surface area contributed by atoms with Gasteiger partial charge in [0.25, 0.3) is 0 Å². The number of hydrogen-bond donors (Lipinski definition) is 1. The average molecular weight is 306 g/mol. The molecule has 1 fully saturated rings. The fraction of sp³-hybridized carbons (Fsp3) is 0.588. The monoisotopic (exact) mass is 306 g/mol. The number of carbonyl (C=O) groups excluding carboxylic acids is 1. The molecule has 2 rings (SSSR count). The minimum absolute atomic E-state index is 0.00114. The Hall–Kier alpha value is -1.59. The molecule has 0 spiro atoms. The summed E-state index contributed by atoms with van der Waals surface area (Å²) in [6.45, 7) is 8.47. The lowest BCUT2D eigenvalue weighted by atomic mass is 10.1. The molecule has 1 aliphatic heterocycles. The Labute approximate surface area is 132 Å². The molecule has 1 N–H and O–H groups in total. The van der Waals surface area contributed by atoms with Crippen molar-refractivity contribution in [2.24, 2.45) is 5.92 Å². The van der Waals surface area contributed by atoms with E-state index in [2.05, 4.69) is 24.1 Å². The molecule has 1 aromatic rings. The van der Waals surface area contributed by atoms with Crippen LogP contribution < -0.4 is 10.1 Å². The van der Waals surface area contributed by atoms with Crippen LogP contribution in [0.3, 0.4) is 0 Å². The number of nitrogens with one attached hydrogen (secondary N) is 1. The molecular formula is C17H26N2O3. The Morgan fingerprint density at radius 3 is 2.86 bits per heavy atom. The second-order valence-electron chi connectivity index (χ2n) is 6.00. The van der Waals surface area contributed by atoms with E-state index >= 15 is 0 Å². The van der Waals surface area contributed by atoms with Crippen LogP contribution in [0.1, 0.15) is 20.3 Å². The molecule has 5 heteroatoms. The molecular weight excluding hydrogens is 280 g/mol. The van der Waals surface area contributed by atoms with E-state index in [0.717, 1.165) is 30.9 Å². The Morgan fingerprint density at radius 1 is 1.36 bits per heavy atom. The third kappa shape index (κ3) is 6.03. The van der Waals surface area contributed by atoms with E-state index in [9.17, 15) is 4.79 Å². The molecule has 22 heavy (non-hydrogen) atoms. The number of hydrogen-bond acceptors (Lipinski definition) is 4. The molecule has 5 nitrogen and oxygen atoms in total. The van der Waals surface area contributed by atoms with E-state index in [0.29, 0.717) is 32.3 Å². The smallest absolute Gasteiger partial charge is 0.238 e. The topological polar surface area (TPSA) is 50.8 Å². The molecule has 0 aliphatic carbocycles. The lowest BCUT2D eigenvalue weighted by molar-refractivity contribution is -0.118. The van der Waals surface area contributed by atoms with Gasteiger partial charge in [0.15, 0.2) is 0 Å².